The van der Waals surface area contributed by atoms with E-state index in [1.807, 2.05) is 13.8 Å². The van der Waals surface area contributed by atoms with Crippen LogP contribution in [0.15, 0.2) is 0 Å². The van der Waals surface area contributed by atoms with Crippen LogP contribution < -0.4 is 0 Å². The van der Waals surface area contributed by atoms with E-state index >= 15 is 0 Å². The smallest absolute Gasteiger partial charge is 0.466 e. The summed E-state index contributed by atoms with van der Waals surface area (Å²) in [6.45, 7) is 12.9. The van der Waals surface area contributed by atoms with Crippen molar-refractivity contribution in [3.05, 3.63) is 0 Å². The maximum atomic E-state index is 13.3. The molecule has 0 aromatic heterocycles. The highest BCUT2D eigenvalue weighted by molar-refractivity contribution is 5.72. The largest absolute Gasteiger partial charge is 0.508 e. The van der Waals surface area contributed by atoms with Crippen LogP contribution in [0, 0.1) is 11.3 Å². The van der Waals surface area contributed by atoms with E-state index < -0.39 is 55.9 Å². The summed E-state index contributed by atoms with van der Waals surface area (Å²) < 4.78 is 44.6. The maximum Gasteiger partial charge on any atom is 0.508 e. The highest BCUT2D eigenvalue weighted by Gasteiger charge is 2.38. The fraction of sp³-hybridized carbons (Fsp3) is 0.881. The van der Waals surface area contributed by atoms with Crippen molar-refractivity contribution >= 4 is 42.3 Å². The van der Waals surface area contributed by atoms with Gasteiger partial charge >= 0.3 is 36.0 Å². The van der Waals surface area contributed by atoms with Gasteiger partial charge in [0.15, 0.2) is 0 Å². The minimum absolute atomic E-state index is 0.0295. The van der Waals surface area contributed by atoms with E-state index in [1.165, 1.54) is 83.5 Å². The Balaban J connectivity index is 5.70. The molecule has 1 atom stereocenters. The van der Waals surface area contributed by atoms with E-state index in [-0.39, 0.29) is 63.2 Å². The summed E-state index contributed by atoms with van der Waals surface area (Å²) >= 11 is 0. The molecule has 0 fully saturated rings. The molecule has 0 bridgehead atoms. The number of hydrogen-bond donors (Lipinski definition) is 0. The summed E-state index contributed by atoms with van der Waals surface area (Å²) in [5.41, 5.74) is -1.53. The Kier molecular flexibility index (Phi) is 49.6. The lowest BCUT2D eigenvalue weighted by atomic mass is 9.92. The minimum Gasteiger partial charge on any atom is -0.466 e. The van der Waals surface area contributed by atoms with Crippen molar-refractivity contribution in [1.82, 2.24) is 4.90 Å². The zero-order valence-corrected chi connectivity index (χ0v) is 48.0. The summed E-state index contributed by atoms with van der Waals surface area (Å²) in [4.78, 5) is 91.3. The first-order valence-electron chi connectivity index (χ1n) is 29.8. The molecule has 0 aromatic carbocycles. The monoisotopic (exact) mass is 1070 g/mol. The Bertz CT molecular complexity index is 1370. The van der Waals surface area contributed by atoms with E-state index in [1.54, 1.807) is 0 Å². The fourth-order valence-electron chi connectivity index (χ4n) is 8.21. The average molecular weight is 1070 g/mol. The summed E-state index contributed by atoms with van der Waals surface area (Å²) in [6.07, 6.45) is 26.6. The van der Waals surface area contributed by atoms with Crippen molar-refractivity contribution in [2.45, 2.75) is 247 Å². The number of unbranched alkanes of at least 4 members (excludes halogenated alkanes) is 20. The molecule has 0 N–H and O–H groups in total. The first kappa shape index (κ1) is 71.2. The predicted molar refractivity (Wildman–Crippen MR) is 292 cm³/mol. The van der Waals surface area contributed by atoms with Crippen molar-refractivity contribution < 1.29 is 71.5 Å². The lowest BCUT2D eigenvalue weighted by molar-refractivity contribution is -0.166. The Hall–Kier alpha value is -3.79. The van der Waals surface area contributed by atoms with Crippen LogP contribution >= 0.6 is 0 Å². The Morgan fingerprint density at radius 2 is 0.733 bits per heavy atom. The van der Waals surface area contributed by atoms with E-state index in [0.29, 0.717) is 71.3 Å². The predicted octanol–water partition coefficient (Wildman–Crippen LogP) is 12.9. The van der Waals surface area contributed by atoms with Crippen molar-refractivity contribution in [2.24, 2.45) is 11.3 Å². The van der Waals surface area contributed by atoms with Gasteiger partial charge in [-0.1, -0.05) is 150 Å². The topological polar surface area (TPSA) is 197 Å². The molecular weight excluding hydrogens is 963 g/mol. The van der Waals surface area contributed by atoms with Gasteiger partial charge in [-0.2, -0.15) is 0 Å². The lowest BCUT2D eigenvalue weighted by Gasteiger charge is -2.31. The minimum atomic E-state index is -1.53. The van der Waals surface area contributed by atoms with Gasteiger partial charge in [0.1, 0.15) is 38.1 Å². The van der Waals surface area contributed by atoms with Crippen LogP contribution in [0.25, 0.3) is 0 Å². The van der Waals surface area contributed by atoms with Gasteiger partial charge in [-0.15, -0.1) is 0 Å². The normalized spacial score (nSPS) is 11.8. The number of carbonyl (C=O) groups excluding carboxylic acids is 7. The molecule has 0 aliphatic carbocycles. The zero-order valence-electron chi connectivity index (χ0n) is 48.0. The highest BCUT2D eigenvalue weighted by atomic mass is 16.7. The molecule has 0 aromatic rings. The van der Waals surface area contributed by atoms with Gasteiger partial charge in [-0.3, -0.25) is 24.0 Å². The van der Waals surface area contributed by atoms with Gasteiger partial charge in [0.05, 0.1) is 26.4 Å². The molecule has 0 aliphatic rings. The summed E-state index contributed by atoms with van der Waals surface area (Å²) in [6, 6.07) is 0. The first-order valence-corrected chi connectivity index (χ1v) is 29.8. The summed E-state index contributed by atoms with van der Waals surface area (Å²) in [5, 5.41) is 0. The molecule has 0 rings (SSSR count). The summed E-state index contributed by atoms with van der Waals surface area (Å²) in [5.74, 6) is -2.85. The number of nitrogens with zero attached hydrogens (tertiary/aromatic N) is 1. The quantitative estimate of drug-likeness (QED) is 0.0241. The van der Waals surface area contributed by atoms with Crippen molar-refractivity contribution in [2.75, 3.05) is 79.1 Å². The van der Waals surface area contributed by atoms with Crippen LogP contribution in [0.3, 0.4) is 0 Å². The Morgan fingerprint density at radius 3 is 1.13 bits per heavy atom. The van der Waals surface area contributed by atoms with Crippen LogP contribution in [-0.2, 0) is 66.7 Å². The maximum absolute atomic E-state index is 13.3. The van der Waals surface area contributed by atoms with E-state index in [0.717, 1.165) is 70.7 Å². The van der Waals surface area contributed by atoms with E-state index in [4.69, 9.17) is 37.9 Å². The second kappa shape index (κ2) is 52.3. The molecule has 0 amide bonds. The molecule has 0 radical (unpaired) electrons. The molecule has 1 unspecified atom stereocenters. The number of carbonyl (C=O) groups is 7. The average Bonchev–Trinajstić information content (AvgIpc) is 3.41. The van der Waals surface area contributed by atoms with Gasteiger partial charge in [-0.05, 0) is 77.3 Å². The SMILES string of the molecule is CCCCCCCCCOCC(C=O)CCCC(=O)OCC(COC(=O)CCCCC(=O)OCCCCCCCCC)(COC(=O)CCCCC(=O)OCCCCCCCCC)COC(=O)OCCCN(CC)CC. The molecule has 0 spiro atoms. The standard InChI is InChI=1S/C59H107NO15/c1-6-11-14-17-20-23-30-42-68-47-52(46-61)35-33-40-57(66)74-50-59(51-75-58(67)71-45-34-41-60(9-4)10-5,48-72-55(64)38-28-26-36-53(62)69-43-31-24-21-18-15-12-7-2)49-73-56(65)39-29-27-37-54(63)70-44-32-25-22-19-16-13-8-3/h46,52H,6-45,47-51H2,1-5H3. The van der Waals surface area contributed by atoms with Gasteiger partial charge in [-0.25, -0.2) is 4.79 Å². The lowest BCUT2D eigenvalue weighted by Crippen LogP contribution is -2.44. The van der Waals surface area contributed by atoms with Crippen LogP contribution in [0.2, 0.25) is 0 Å². The third kappa shape index (κ3) is 46.1. The van der Waals surface area contributed by atoms with Crippen LogP contribution in [-0.4, -0.2) is 126 Å². The van der Waals surface area contributed by atoms with Crippen molar-refractivity contribution in [3.8, 4) is 0 Å². The van der Waals surface area contributed by atoms with Gasteiger partial charge in [0.25, 0.3) is 0 Å². The van der Waals surface area contributed by atoms with Crippen LogP contribution in [0.4, 0.5) is 4.79 Å². The second-order valence-corrected chi connectivity index (χ2v) is 20.3. The second-order valence-electron chi connectivity index (χ2n) is 20.3. The molecule has 16 nitrogen and oxygen atoms in total. The van der Waals surface area contributed by atoms with E-state index in [9.17, 15) is 33.6 Å². The molecule has 0 saturated heterocycles. The van der Waals surface area contributed by atoms with E-state index in [2.05, 4.69) is 25.7 Å². The number of aldehydes is 1. The fourth-order valence-corrected chi connectivity index (χ4v) is 8.21. The number of ether oxygens (including phenoxy) is 8. The number of esters is 5. The zero-order chi connectivity index (χ0) is 55.3. The highest BCUT2D eigenvalue weighted by Crippen LogP contribution is 2.24. The molecule has 0 saturated carbocycles. The molecule has 75 heavy (non-hydrogen) atoms. The van der Waals surface area contributed by atoms with Crippen LogP contribution in [0.1, 0.15) is 247 Å². The summed E-state index contributed by atoms with van der Waals surface area (Å²) in [7, 11) is 0. The van der Waals surface area contributed by atoms with Crippen molar-refractivity contribution in [3.63, 3.8) is 0 Å². The Labute approximate surface area is 454 Å². The molecule has 0 aliphatic heterocycles. The number of rotatable bonds is 55. The van der Waals surface area contributed by atoms with Gasteiger partial charge in [0.2, 0.25) is 0 Å². The Morgan fingerprint density at radius 1 is 0.387 bits per heavy atom. The molecule has 16 heteroatoms. The molecule has 438 valence electrons. The first-order chi connectivity index (χ1) is 36.5. The van der Waals surface area contributed by atoms with Crippen molar-refractivity contribution in [1.29, 1.82) is 0 Å². The molecular formula is C59H107NO15. The van der Waals surface area contributed by atoms with Gasteiger partial charge < -0.3 is 47.6 Å². The number of hydrogen-bond acceptors (Lipinski definition) is 16. The molecule has 0 heterocycles. The third-order valence-electron chi connectivity index (χ3n) is 13.3. The van der Waals surface area contributed by atoms with Crippen LogP contribution in [0.5, 0.6) is 0 Å². The third-order valence-corrected chi connectivity index (χ3v) is 13.3. The van der Waals surface area contributed by atoms with Gasteiger partial charge in [0, 0.05) is 51.2 Å².